The Morgan fingerprint density at radius 2 is 0.361 bits per heavy atom. The van der Waals surface area contributed by atoms with Gasteiger partial charge in [-0.2, -0.15) is 0 Å². The van der Waals surface area contributed by atoms with E-state index in [4.69, 9.17) is 23.7 Å². The molecule has 0 heterocycles. The summed E-state index contributed by atoms with van der Waals surface area (Å²) in [5.41, 5.74) is 40.5. The highest BCUT2D eigenvalue weighted by Crippen LogP contribution is 2.33. The Kier molecular flexibility index (Phi) is 58.8. The molecule has 0 atom stereocenters. The first-order valence-corrected chi connectivity index (χ1v) is 56.6. The first-order chi connectivity index (χ1) is 71.4. The predicted molar refractivity (Wildman–Crippen MR) is 651 cm³/mol. The Morgan fingerprint density at radius 1 is 0.163 bits per heavy atom. The van der Waals surface area contributed by atoms with Gasteiger partial charge in [-0.15, -0.1) is 0 Å². The maximum Gasteiger partial charge on any atom is 0.122 e. The van der Waals surface area contributed by atoms with E-state index in [1.807, 2.05) is 13.0 Å². The van der Waals surface area contributed by atoms with E-state index in [1.165, 1.54) is 339 Å². The van der Waals surface area contributed by atoms with E-state index < -0.39 is 0 Å². The maximum atomic E-state index is 5.97. The molecule has 0 saturated carbocycles. The molecule has 0 fully saturated rings. The molecule has 0 unspecified atom stereocenters. The van der Waals surface area contributed by atoms with Gasteiger partial charge in [0.05, 0.1) is 33.5 Å². The smallest absolute Gasteiger partial charge is 0.122 e. The van der Waals surface area contributed by atoms with Crippen LogP contribution in [0.25, 0.3) is 72.9 Å². The molecular formula is C142H188O5. The molecule has 12 aromatic carbocycles. The molecule has 0 spiro atoms. The number of ether oxygens (including phenoxy) is 5. The Hall–Kier alpha value is -11.9. The van der Waals surface area contributed by atoms with E-state index in [2.05, 4.69) is 438 Å². The number of hydrogen-bond donors (Lipinski definition) is 0. The fourth-order valence-corrected chi connectivity index (χ4v) is 17.6. The van der Waals surface area contributed by atoms with Crippen LogP contribution in [0.1, 0.15) is 396 Å². The standard InChI is InChI=1S/C26H36O.C25H34O.C24H32O.C23H30O.C22H28O.C22H28/c1-5-7-9-11-23-12-14-24(15-13-23)16-17-25-18-19-26(22(4)21(25)3)27-20-10-8-6-2;1-5-7-9-10-22-11-13-23(14-12-22)15-16-24-17-18-25(21(4)20(24)3)26-19-8-6-2;1-5-7-8-9-21-10-12-22(13-11-21)14-15-23-16-17-24(25-18-6-2)20(4)19(23)3;1-5-7-8-9-20-10-12-21(13-11-20)14-15-22-16-17-23(24-6-2)19(4)18(22)3;1-5-6-7-8-19-9-11-20(12-10-19)13-14-21-15-16-22(23-4)18(3)17(21)2;1-5-6-7-8-20-10-12-21(13-11-20)14-16-22-15-9-17(2)18(3)19(22)4/h12-19H,5-11,20H2,1-4H3;11-18H,5-10,19H2,1-4H3;10-17H,5-9,18H2,1-4H3;10-17H,5-9H2,1-4H3;9-16H,5-8H2,1-4H3;9-16H,5-8H2,1-4H3. The Balaban J connectivity index is 0.000000239. The Bertz CT molecular complexity index is 5920. The predicted octanol–water partition coefficient (Wildman–Crippen LogP) is 41.5. The lowest BCUT2D eigenvalue weighted by atomic mass is 9.98. The van der Waals surface area contributed by atoms with Crippen molar-refractivity contribution in [2.75, 3.05) is 33.5 Å². The van der Waals surface area contributed by atoms with E-state index in [0.29, 0.717) is 6.61 Å². The average molecular weight is 1980 g/mol. The van der Waals surface area contributed by atoms with Gasteiger partial charge in [-0.3, -0.25) is 0 Å². The van der Waals surface area contributed by atoms with Crippen LogP contribution in [-0.4, -0.2) is 33.5 Å². The summed E-state index contributed by atoms with van der Waals surface area (Å²) in [5, 5.41) is 0. The zero-order valence-electron chi connectivity index (χ0n) is 95.8. The van der Waals surface area contributed by atoms with Crippen LogP contribution in [0.3, 0.4) is 0 Å². The molecule has 12 aromatic rings. The lowest BCUT2D eigenvalue weighted by Gasteiger charge is -2.13. The molecule has 0 saturated heterocycles. The molecule has 0 radical (unpaired) electrons. The van der Waals surface area contributed by atoms with E-state index >= 15 is 0 Å². The van der Waals surface area contributed by atoms with Gasteiger partial charge >= 0.3 is 0 Å². The summed E-state index contributed by atoms with van der Waals surface area (Å²) in [6.45, 7) is 53.3. The van der Waals surface area contributed by atoms with Crippen molar-refractivity contribution in [3.05, 3.63) is 391 Å². The minimum Gasteiger partial charge on any atom is -0.496 e. The van der Waals surface area contributed by atoms with Gasteiger partial charge in [0.15, 0.2) is 0 Å². The third-order valence-electron chi connectivity index (χ3n) is 28.8. The average Bonchev–Trinajstić information content (AvgIpc) is 0.856. The van der Waals surface area contributed by atoms with Gasteiger partial charge in [0.2, 0.25) is 0 Å². The molecule has 0 aliphatic heterocycles. The lowest BCUT2D eigenvalue weighted by molar-refractivity contribution is 0.304. The molecule has 0 aliphatic carbocycles. The van der Waals surface area contributed by atoms with Crippen molar-refractivity contribution >= 4 is 72.9 Å². The third kappa shape index (κ3) is 44.2. The van der Waals surface area contributed by atoms with Crippen LogP contribution in [0.2, 0.25) is 0 Å². The van der Waals surface area contributed by atoms with Crippen LogP contribution >= 0.6 is 0 Å². The molecule has 0 bridgehead atoms. The molecule has 0 aliphatic rings. The summed E-state index contributed by atoms with van der Waals surface area (Å²) >= 11 is 0. The highest BCUT2D eigenvalue weighted by Gasteiger charge is 2.14. The first kappa shape index (κ1) is 122. The molecule has 12 rings (SSSR count). The number of methoxy groups -OCH3 is 1. The Morgan fingerprint density at radius 3 is 0.585 bits per heavy atom. The fraction of sp³-hybridized carbons (Fsp3) is 0.408. The second kappa shape index (κ2) is 70.8. The maximum absolute atomic E-state index is 5.97. The van der Waals surface area contributed by atoms with Crippen molar-refractivity contribution in [1.82, 2.24) is 0 Å². The summed E-state index contributed by atoms with van der Waals surface area (Å²) < 4.78 is 28.7. The normalized spacial score (nSPS) is 11.2. The van der Waals surface area contributed by atoms with E-state index in [-0.39, 0.29) is 0 Å². The molecule has 147 heavy (non-hydrogen) atoms. The highest BCUT2D eigenvalue weighted by atomic mass is 16.5. The van der Waals surface area contributed by atoms with E-state index in [1.54, 1.807) is 7.11 Å². The van der Waals surface area contributed by atoms with Crippen LogP contribution in [0.15, 0.2) is 218 Å². The number of unbranched alkanes of at least 4 members (excludes halogenated alkanes) is 15. The zero-order valence-corrected chi connectivity index (χ0v) is 95.8. The van der Waals surface area contributed by atoms with Gasteiger partial charge in [0, 0.05) is 0 Å². The van der Waals surface area contributed by atoms with Crippen LogP contribution in [0.5, 0.6) is 28.7 Å². The molecule has 786 valence electrons. The second-order valence-corrected chi connectivity index (χ2v) is 40.2. The second-order valence-electron chi connectivity index (χ2n) is 40.2. The summed E-state index contributed by atoms with van der Waals surface area (Å²) in [4.78, 5) is 0. The number of aryl methyl sites for hydroxylation is 7. The van der Waals surface area contributed by atoms with Gasteiger partial charge in [0.1, 0.15) is 28.7 Å². The minimum atomic E-state index is 0.708. The van der Waals surface area contributed by atoms with Crippen molar-refractivity contribution in [3.63, 3.8) is 0 Å². The molecular weight excluding hydrogens is 1790 g/mol. The van der Waals surface area contributed by atoms with Gasteiger partial charge in [0.25, 0.3) is 0 Å². The van der Waals surface area contributed by atoms with E-state index in [0.717, 1.165) is 74.3 Å². The van der Waals surface area contributed by atoms with Crippen LogP contribution in [0, 0.1) is 90.0 Å². The van der Waals surface area contributed by atoms with Crippen LogP contribution in [0.4, 0.5) is 0 Å². The molecule has 0 aromatic heterocycles. The monoisotopic (exact) mass is 1970 g/mol. The summed E-state index contributed by atoms with van der Waals surface area (Å²) in [6, 6.07) is 79.4. The summed E-state index contributed by atoms with van der Waals surface area (Å²) in [7, 11) is 1.72. The van der Waals surface area contributed by atoms with Crippen molar-refractivity contribution in [2.24, 2.45) is 0 Å². The SMILES string of the molecule is CCCCCOc1ccc(C=Cc2ccc(CCCCC)cc2)c(C)c1C.CCCCCc1ccc(C=Cc2ccc(C)c(C)c2C)cc1.CCCCCc1ccc(C=Cc2ccc(OC)c(C)c2C)cc1.CCCCCc1ccc(C=Cc2ccc(OCC)c(C)c2C)cc1.CCCCCc1ccc(C=Cc2ccc(OCCC)c(C)c2C)cc1.CCCCCc1ccc(C=Cc2ccc(OCCCC)c(C)c2C)cc1. The first-order valence-electron chi connectivity index (χ1n) is 56.6. The van der Waals surface area contributed by atoms with Crippen molar-refractivity contribution in [1.29, 1.82) is 0 Å². The van der Waals surface area contributed by atoms with Crippen LogP contribution < -0.4 is 23.7 Å². The topological polar surface area (TPSA) is 46.2 Å². The molecule has 5 nitrogen and oxygen atoms in total. The zero-order chi connectivity index (χ0) is 106. The molecule has 5 heteroatoms. The quantitative estimate of drug-likeness (QED) is 0.0281. The number of rotatable bonds is 51. The van der Waals surface area contributed by atoms with Gasteiger partial charge in [-0.05, 0) is 396 Å². The number of hydrogen-bond acceptors (Lipinski definition) is 5. The van der Waals surface area contributed by atoms with Crippen molar-refractivity contribution < 1.29 is 23.7 Å². The molecule has 0 amide bonds. The Labute approximate surface area is 895 Å². The van der Waals surface area contributed by atoms with Gasteiger partial charge < -0.3 is 23.7 Å². The minimum absolute atomic E-state index is 0.708. The third-order valence-corrected chi connectivity index (χ3v) is 28.8. The number of benzene rings is 12. The summed E-state index contributed by atoms with van der Waals surface area (Å²) in [6.07, 6.45) is 63.8. The van der Waals surface area contributed by atoms with Crippen molar-refractivity contribution in [2.45, 2.75) is 352 Å². The highest BCUT2D eigenvalue weighted by molar-refractivity contribution is 5.78. The summed E-state index contributed by atoms with van der Waals surface area (Å²) in [5.74, 6) is 4.99. The fourth-order valence-electron chi connectivity index (χ4n) is 17.6. The molecule has 0 N–H and O–H groups in total. The lowest BCUT2D eigenvalue weighted by Crippen LogP contribution is -2.00. The van der Waals surface area contributed by atoms with Gasteiger partial charge in [-0.1, -0.05) is 420 Å². The van der Waals surface area contributed by atoms with E-state index in [9.17, 15) is 0 Å². The van der Waals surface area contributed by atoms with Gasteiger partial charge in [-0.25, -0.2) is 0 Å². The largest absolute Gasteiger partial charge is 0.496 e. The van der Waals surface area contributed by atoms with Crippen molar-refractivity contribution in [3.8, 4) is 28.7 Å². The van der Waals surface area contributed by atoms with Crippen LogP contribution in [-0.2, 0) is 38.5 Å².